The Morgan fingerprint density at radius 1 is 1.25 bits per heavy atom. The van der Waals surface area contributed by atoms with E-state index >= 15 is 0 Å². The first-order valence-electron chi connectivity index (χ1n) is 5.86. The predicted octanol–water partition coefficient (Wildman–Crippen LogP) is 2.07. The van der Waals surface area contributed by atoms with Gasteiger partial charge in [-0.3, -0.25) is 0 Å². The fourth-order valence-corrected chi connectivity index (χ4v) is 2.23. The van der Waals surface area contributed by atoms with E-state index in [-0.39, 0.29) is 12.4 Å². The molecule has 0 aromatic heterocycles. The Hall–Kier alpha value is -0.570. The van der Waals surface area contributed by atoms with Crippen molar-refractivity contribution in [2.45, 2.75) is 25.3 Å². The van der Waals surface area contributed by atoms with Crippen molar-refractivity contribution >= 4 is 12.4 Å². The summed E-state index contributed by atoms with van der Waals surface area (Å²) in [7, 11) is 0. The van der Waals surface area contributed by atoms with Crippen LogP contribution in [-0.2, 0) is 6.42 Å². The van der Waals surface area contributed by atoms with Gasteiger partial charge in [-0.25, -0.2) is 0 Å². The van der Waals surface area contributed by atoms with Gasteiger partial charge in [-0.2, -0.15) is 0 Å². The van der Waals surface area contributed by atoms with Crippen LogP contribution in [0, 0.1) is 0 Å². The molecule has 1 aromatic carbocycles. The highest BCUT2D eigenvalue weighted by molar-refractivity contribution is 5.85. The predicted molar refractivity (Wildman–Crippen MR) is 71.0 cm³/mol. The van der Waals surface area contributed by atoms with Crippen LogP contribution in [0.3, 0.4) is 0 Å². The minimum atomic E-state index is 0. The zero-order chi connectivity index (χ0) is 10.5. The van der Waals surface area contributed by atoms with E-state index in [9.17, 15) is 0 Å². The molecule has 0 bridgehead atoms. The van der Waals surface area contributed by atoms with E-state index < -0.39 is 0 Å². The number of rotatable bonds is 3. The summed E-state index contributed by atoms with van der Waals surface area (Å²) in [6, 6.07) is 11.1. The van der Waals surface area contributed by atoms with Gasteiger partial charge in [0.2, 0.25) is 0 Å². The van der Waals surface area contributed by atoms with Gasteiger partial charge >= 0.3 is 0 Å². The monoisotopic (exact) mass is 240 g/mol. The van der Waals surface area contributed by atoms with Crippen molar-refractivity contribution in [3.8, 4) is 0 Å². The van der Waals surface area contributed by atoms with Crippen LogP contribution in [-0.4, -0.2) is 30.6 Å². The lowest BCUT2D eigenvalue weighted by Gasteiger charge is -2.30. The first-order chi connectivity index (χ1) is 7.34. The number of likely N-dealkylation sites (tertiary alicyclic amines) is 1. The lowest BCUT2D eigenvalue weighted by Crippen LogP contribution is -2.43. The molecule has 0 radical (unpaired) electrons. The molecule has 16 heavy (non-hydrogen) atoms. The molecule has 0 aliphatic carbocycles. The zero-order valence-electron chi connectivity index (χ0n) is 9.64. The van der Waals surface area contributed by atoms with E-state index in [1.807, 2.05) is 0 Å². The fraction of sp³-hybridized carbons (Fsp3) is 0.538. The highest BCUT2D eigenvalue weighted by atomic mass is 35.5. The van der Waals surface area contributed by atoms with Gasteiger partial charge in [-0.1, -0.05) is 30.3 Å². The molecule has 1 saturated heterocycles. The molecule has 2 N–H and O–H groups in total. The number of hydrogen-bond acceptors (Lipinski definition) is 2. The Labute approximate surface area is 104 Å². The van der Waals surface area contributed by atoms with E-state index in [0.29, 0.717) is 6.04 Å². The molecular formula is C13H21ClN2. The maximum Gasteiger partial charge on any atom is 0.0168 e. The second-order valence-electron chi connectivity index (χ2n) is 4.44. The van der Waals surface area contributed by atoms with Crippen LogP contribution in [0.25, 0.3) is 0 Å². The first kappa shape index (κ1) is 13.5. The Balaban J connectivity index is 0.00000128. The van der Waals surface area contributed by atoms with Gasteiger partial charge in [-0.05, 0) is 31.4 Å². The Bertz CT molecular complexity index is 289. The molecule has 1 atom stereocenters. The first-order valence-corrected chi connectivity index (χ1v) is 5.86. The molecule has 1 heterocycles. The van der Waals surface area contributed by atoms with Crippen LogP contribution < -0.4 is 5.73 Å². The van der Waals surface area contributed by atoms with Crippen molar-refractivity contribution in [2.24, 2.45) is 5.73 Å². The van der Waals surface area contributed by atoms with Gasteiger partial charge in [-0.15, -0.1) is 12.4 Å². The third-order valence-corrected chi connectivity index (χ3v) is 3.10. The molecule has 90 valence electrons. The standard InChI is InChI=1S/C13H20N2.ClH/c14-13-7-4-9-15(11-13)10-8-12-5-2-1-3-6-12;/h1-3,5-6,13H,4,7-11,14H2;1H/t13-;/m1./s1. The normalized spacial score (nSPS) is 21.4. The molecule has 0 unspecified atom stereocenters. The maximum atomic E-state index is 5.95. The zero-order valence-corrected chi connectivity index (χ0v) is 10.5. The lowest BCUT2D eigenvalue weighted by atomic mass is 10.1. The minimum absolute atomic E-state index is 0. The lowest BCUT2D eigenvalue weighted by molar-refractivity contribution is 0.211. The van der Waals surface area contributed by atoms with Crippen LogP contribution in [0.5, 0.6) is 0 Å². The smallest absolute Gasteiger partial charge is 0.0168 e. The molecule has 2 nitrogen and oxygen atoms in total. The quantitative estimate of drug-likeness (QED) is 0.877. The minimum Gasteiger partial charge on any atom is -0.327 e. The van der Waals surface area contributed by atoms with Crippen LogP contribution in [0.4, 0.5) is 0 Å². The molecule has 3 heteroatoms. The van der Waals surface area contributed by atoms with Crippen molar-refractivity contribution in [2.75, 3.05) is 19.6 Å². The van der Waals surface area contributed by atoms with Gasteiger partial charge in [0.25, 0.3) is 0 Å². The molecular weight excluding hydrogens is 220 g/mol. The fourth-order valence-electron chi connectivity index (χ4n) is 2.23. The average molecular weight is 241 g/mol. The summed E-state index contributed by atoms with van der Waals surface area (Å²) >= 11 is 0. The van der Waals surface area contributed by atoms with Crippen molar-refractivity contribution in [3.05, 3.63) is 35.9 Å². The number of piperidine rings is 1. The van der Waals surface area contributed by atoms with Gasteiger partial charge in [0.15, 0.2) is 0 Å². The number of nitrogens with two attached hydrogens (primary N) is 1. The Morgan fingerprint density at radius 2 is 2.00 bits per heavy atom. The summed E-state index contributed by atoms with van der Waals surface area (Å²) < 4.78 is 0. The summed E-state index contributed by atoms with van der Waals surface area (Å²) in [4.78, 5) is 2.49. The van der Waals surface area contributed by atoms with Gasteiger partial charge in [0.05, 0.1) is 0 Å². The maximum absolute atomic E-state index is 5.95. The highest BCUT2D eigenvalue weighted by Gasteiger charge is 2.15. The number of benzene rings is 1. The average Bonchev–Trinajstić information content (AvgIpc) is 2.28. The number of nitrogens with zero attached hydrogens (tertiary/aromatic N) is 1. The molecule has 2 rings (SSSR count). The Morgan fingerprint density at radius 3 is 2.69 bits per heavy atom. The SMILES string of the molecule is Cl.N[C@@H]1CCCN(CCc2ccccc2)C1. The van der Waals surface area contributed by atoms with Gasteiger partial charge < -0.3 is 10.6 Å². The van der Waals surface area contributed by atoms with E-state index in [0.717, 1.165) is 19.5 Å². The van der Waals surface area contributed by atoms with E-state index in [1.54, 1.807) is 0 Å². The Kier molecular flexibility index (Phi) is 5.81. The van der Waals surface area contributed by atoms with Crippen LogP contribution in [0.2, 0.25) is 0 Å². The van der Waals surface area contributed by atoms with E-state index in [1.165, 1.54) is 24.9 Å². The van der Waals surface area contributed by atoms with Crippen molar-refractivity contribution in [1.82, 2.24) is 4.90 Å². The van der Waals surface area contributed by atoms with Crippen molar-refractivity contribution in [3.63, 3.8) is 0 Å². The third-order valence-electron chi connectivity index (χ3n) is 3.10. The summed E-state index contributed by atoms with van der Waals surface area (Å²) in [6.45, 7) is 3.45. The second-order valence-corrected chi connectivity index (χ2v) is 4.44. The summed E-state index contributed by atoms with van der Waals surface area (Å²) in [6.07, 6.45) is 3.60. The molecule has 0 amide bonds. The largest absolute Gasteiger partial charge is 0.327 e. The van der Waals surface area contributed by atoms with Crippen molar-refractivity contribution < 1.29 is 0 Å². The summed E-state index contributed by atoms with van der Waals surface area (Å²) in [5.74, 6) is 0. The van der Waals surface area contributed by atoms with Crippen LogP contribution >= 0.6 is 12.4 Å². The van der Waals surface area contributed by atoms with Crippen LogP contribution in [0.1, 0.15) is 18.4 Å². The molecule has 0 saturated carbocycles. The molecule has 1 aliphatic heterocycles. The topological polar surface area (TPSA) is 29.3 Å². The molecule has 0 spiro atoms. The molecule has 1 aromatic rings. The number of hydrogen-bond donors (Lipinski definition) is 1. The molecule has 1 aliphatic rings. The van der Waals surface area contributed by atoms with Gasteiger partial charge in [0, 0.05) is 19.1 Å². The number of halogens is 1. The van der Waals surface area contributed by atoms with E-state index in [2.05, 4.69) is 35.2 Å². The summed E-state index contributed by atoms with van der Waals surface area (Å²) in [5.41, 5.74) is 7.38. The molecule has 1 fully saturated rings. The van der Waals surface area contributed by atoms with Gasteiger partial charge in [0.1, 0.15) is 0 Å². The van der Waals surface area contributed by atoms with E-state index in [4.69, 9.17) is 5.73 Å². The highest BCUT2D eigenvalue weighted by Crippen LogP contribution is 2.09. The second kappa shape index (κ2) is 6.89. The summed E-state index contributed by atoms with van der Waals surface area (Å²) in [5, 5.41) is 0. The third kappa shape index (κ3) is 4.12. The van der Waals surface area contributed by atoms with Crippen molar-refractivity contribution in [1.29, 1.82) is 0 Å². The van der Waals surface area contributed by atoms with Crippen LogP contribution in [0.15, 0.2) is 30.3 Å².